The molecule has 0 saturated heterocycles. The summed E-state index contributed by atoms with van der Waals surface area (Å²) in [6, 6.07) is 17.4. The van der Waals surface area contributed by atoms with Crippen LogP contribution in [0.4, 0.5) is 0 Å². The van der Waals surface area contributed by atoms with Crippen LogP contribution in [0.5, 0.6) is 0 Å². The van der Waals surface area contributed by atoms with E-state index in [4.69, 9.17) is 22.3 Å². The number of aliphatic carboxylic acids is 1. The topological polar surface area (TPSA) is 132 Å². The number of aldehydes is 1. The van der Waals surface area contributed by atoms with Crippen molar-refractivity contribution in [2.24, 2.45) is 17.2 Å². The lowest BCUT2D eigenvalue weighted by molar-refractivity contribution is -0.138. The van der Waals surface area contributed by atoms with Crippen LogP contribution in [0.15, 0.2) is 54.6 Å². The van der Waals surface area contributed by atoms with E-state index in [1.807, 2.05) is 42.5 Å². The minimum Gasteiger partial charge on any atom is -0.480 e. The Balaban J connectivity index is 0.000000460. The molecule has 1 unspecified atom stereocenters. The summed E-state index contributed by atoms with van der Waals surface area (Å²) in [6.07, 6.45) is 8.96. The lowest BCUT2D eigenvalue weighted by Gasteiger charge is -2.03. The van der Waals surface area contributed by atoms with E-state index < -0.39 is 12.0 Å². The number of hydrogen-bond acceptors (Lipinski definition) is 5. The first kappa shape index (κ1) is 29.5. The minimum absolute atomic E-state index is 0.520. The van der Waals surface area contributed by atoms with Crippen molar-refractivity contribution in [3.8, 4) is 0 Å². The number of benzene rings is 2. The number of hydrogen-bond donors (Lipinski definition) is 4. The first-order valence-corrected chi connectivity index (χ1v) is 11.4. The number of carbonyl (C=O) groups excluding carboxylic acids is 1. The number of carboxylic acids is 1. The highest BCUT2D eigenvalue weighted by molar-refractivity contribution is 5.74. The average molecular weight is 444 g/mol. The molecule has 0 aliphatic rings. The molecular weight excluding hydrogens is 402 g/mol. The van der Waals surface area contributed by atoms with Gasteiger partial charge in [0.05, 0.1) is 0 Å². The van der Waals surface area contributed by atoms with E-state index in [1.54, 1.807) is 0 Å². The van der Waals surface area contributed by atoms with E-state index in [9.17, 15) is 9.59 Å². The number of nitrogens with two attached hydrogens (primary N) is 3. The van der Waals surface area contributed by atoms with Crippen LogP contribution < -0.4 is 17.2 Å². The Morgan fingerprint density at radius 2 is 1.50 bits per heavy atom. The van der Waals surface area contributed by atoms with E-state index in [2.05, 4.69) is 19.1 Å². The Kier molecular flexibility index (Phi) is 18.8. The van der Waals surface area contributed by atoms with Gasteiger partial charge in [-0.1, -0.05) is 80.8 Å². The standard InChI is InChI=1S/C12H16O.C8H11N.C6H14N2O2/c1-2-3-4-5-11-6-8-12(10-13)9-7-11;9-7-6-8-4-2-1-3-5-8;7-4-2-1-3-5(8)6(9)10/h6-10H,2-5H2,1H3;1-5H,6-7,9H2;5H,1-4,7-8H2,(H,9,10). The van der Waals surface area contributed by atoms with Crippen molar-refractivity contribution in [2.75, 3.05) is 13.1 Å². The van der Waals surface area contributed by atoms with Crippen LogP contribution in [-0.4, -0.2) is 36.5 Å². The minimum atomic E-state index is -0.933. The predicted molar refractivity (Wildman–Crippen MR) is 133 cm³/mol. The normalized spacial score (nSPS) is 10.8. The molecule has 0 aliphatic carbocycles. The summed E-state index contributed by atoms with van der Waals surface area (Å²) in [6.45, 7) is 3.55. The molecule has 2 aromatic carbocycles. The zero-order valence-electron chi connectivity index (χ0n) is 19.4. The van der Waals surface area contributed by atoms with Gasteiger partial charge in [0.1, 0.15) is 12.3 Å². The Labute approximate surface area is 193 Å². The zero-order chi connectivity index (χ0) is 24.0. The van der Waals surface area contributed by atoms with Crippen molar-refractivity contribution in [3.05, 3.63) is 71.3 Å². The summed E-state index contributed by atoms with van der Waals surface area (Å²) >= 11 is 0. The summed E-state index contributed by atoms with van der Waals surface area (Å²) in [7, 11) is 0. The Hall–Kier alpha value is -2.54. The van der Waals surface area contributed by atoms with Crippen molar-refractivity contribution >= 4 is 12.3 Å². The summed E-state index contributed by atoms with van der Waals surface area (Å²) in [5, 5.41) is 8.33. The molecule has 2 rings (SSSR count). The molecule has 0 saturated carbocycles. The fourth-order valence-electron chi connectivity index (χ4n) is 2.79. The first-order chi connectivity index (χ1) is 15.5. The van der Waals surface area contributed by atoms with Crippen LogP contribution in [0.1, 0.15) is 66.9 Å². The second-order valence-corrected chi connectivity index (χ2v) is 7.57. The zero-order valence-corrected chi connectivity index (χ0v) is 19.4. The third-order valence-electron chi connectivity index (χ3n) is 4.75. The number of carboxylic acid groups (broad SMARTS) is 1. The molecule has 2 aromatic rings. The number of carbonyl (C=O) groups is 2. The van der Waals surface area contributed by atoms with E-state index in [0.717, 1.165) is 44.1 Å². The van der Waals surface area contributed by atoms with E-state index in [-0.39, 0.29) is 0 Å². The van der Waals surface area contributed by atoms with E-state index in [1.165, 1.54) is 30.4 Å². The highest BCUT2D eigenvalue weighted by Gasteiger charge is 2.09. The fraction of sp³-hybridized carbons (Fsp3) is 0.462. The van der Waals surface area contributed by atoms with Crippen LogP contribution in [0.25, 0.3) is 0 Å². The summed E-state index contributed by atoms with van der Waals surface area (Å²) in [5.41, 5.74) is 19.2. The Bertz CT molecular complexity index is 706. The van der Waals surface area contributed by atoms with Gasteiger partial charge in [-0.15, -0.1) is 0 Å². The van der Waals surface area contributed by atoms with Crippen LogP contribution in [-0.2, 0) is 17.6 Å². The molecule has 0 fully saturated rings. The molecule has 0 spiro atoms. The molecule has 0 heterocycles. The van der Waals surface area contributed by atoms with Crippen LogP contribution in [0.2, 0.25) is 0 Å². The van der Waals surface area contributed by atoms with Gasteiger partial charge in [0, 0.05) is 5.56 Å². The quantitative estimate of drug-likeness (QED) is 0.290. The molecule has 0 aromatic heterocycles. The summed E-state index contributed by atoms with van der Waals surface area (Å²) in [5.74, 6) is -0.933. The fourth-order valence-corrected chi connectivity index (χ4v) is 2.79. The van der Waals surface area contributed by atoms with Gasteiger partial charge in [0.15, 0.2) is 0 Å². The van der Waals surface area contributed by atoms with Gasteiger partial charge in [0.25, 0.3) is 0 Å². The van der Waals surface area contributed by atoms with Crippen molar-refractivity contribution in [3.63, 3.8) is 0 Å². The molecule has 0 radical (unpaired) electrons. The monoisotopic (exact) mass is 443 g/mol. The first-order valence-electron chi connectivity index (χ1n) is 11.4. The van der Waals surface area contributed by atoms with Crippen molar-refractivity contribution in [1.29, 1.82) is 0 Å². The second kappa shape index (κ2) is 20.4. The maximum absolute atomic E-state index is 10.4. The van der Waals surface area contributed by atoms with Gasteiger partial charge in [-0.3, -0.25) is 9.59 Å². The molecule has 32 heavy (non-hydrogen) atoms. The van der Waals surface area contributed by atoms with Gasteiger partial charge in [-0.2, -0.15) is 0 Å². The van der Waals surface area contributed by atoms with Gasteiger partial charge < -0.3 is 22.3 Å². The van der Waals surface area contributed by atoms with Crippen LogP contribution in [0.3, 0.4) is 0 Å². The average Bonchev–Trinajstić information content (AvgIpc) is 2.81. The van der Waals surface area contributed by atoms with Crippen LogP contribution in [0, 0.1) is 0 Å². The molecule has 0 aliphatic heterocycles. The van der Waals surface area contributed by atoms with Crippen molar-refractivity contribution in [2.45, 2.75) is 64.3 Å². The number of rotatable bonds is 12. The van der Waals surface area contributed by atoms with Gasteiger partial charge in [0.2, 0.25) is 0 Å². The molecule has 7 N–H and O–H groups in total. The van der Waals surface area contributed by atoms with Gasteiger partial charge >= 0.3 is 5.97 Å². The lowest BCUT2D eigenvalue weighted by atomic mass is 10.1. The van der Waals surface area contributed by atoms with Crippen LogP contribution >= 0.6 is 0 Å². The summed E-state index contributed by atoms with van der Waals surface area (Å²) < 4.78 is 0. The van der Waals surface area contributed by atoms with E-state index >= 15 is 0 Å². The largest absolute Gasteiger partial charge is 0.480 e. The second-order valence-electron chi connectivity index (χ2n) is 7.57. The Morgan fingerprint density at radius 1 is 0.875 bits per heavy atom. The molecule has 178 valence electrons. The maximum atomic E-state index is 10.4. The third kappa shape index (κ3) is 16.2. The molecule has 0 amide bonds. The van der Waals surface area contributed by atoms with Gasteiger partial charge in [-0.05, 0) is 56.3 Å². The predicted octanol–water partition coefficient (Wildman–Crippen LogP) is 3.95. The maximum Gasteiger partial charge on any atom is 0.320 e. The number of unbranched alkanes of at least 4 members (excludes halogenated alkanes) is 3. The van der Waals surface area contributed by atoms with Crippen molar-refractivity contribution < 1.29 is 14.7 Å². The highest BCUT2D eigenvalue weighted by atomic mass is 16.4. The third-order valence-corrected chi connectivity index (χ3v) is 4.75. The SMILES string of the molecule is CCCCCc1ccc(C=O)cc1.NCCCCC(N)C(=O)O.NCCc1ccccc1. The molecule has 0 bridgehead atoms. The molecule has 6 nitrogen and oxygen atoms in total. The van der Waals surface area contributed by atoms with Crippen molar-refractivity contribution in [1.82, 2.24) is 0 Å². The summed E-state index contributed by atoms with van der Waals surface area (Å²) in [4.78, 5) is 20.5. The molecule has 1 atom stereocenters. The van der Waals surface area contributed by atoms with E-state index in [0.29, 0.717) is 13.0 Å². The molecule has 6 heteroatoms. The highest BCUT2D eigenvalue weighted by Crippen LogP contribution is 2.07. The van der Waals surface area contributed by atoms with Gasteiger partial charge in [-0.25, -0.2) is 0 Å². The number of aryl methyl sites for hydroxylation is 1. The Morgan fingerprint density at radius 3 is 2.00 bits per heavy atom. The lowest BCUT2D eigenvalue weighted by Crippen LogP contribution is -2.29. The smallest absolute Gasteiger partial charge is 0.320 e. The molecular formula is C26H41N3O3.